The first-order valence-electron chi connectivity index (χ1n) is 7.24. The van der Waals surface area contributed by atoms with Crippen LogP contribution < -0.4 is 4.74 Å². The summed E-state index contributed by atoms with van der Waals surface area (Å²) in [7, 11) is 1.63. The summed E-state index contributed by atoms with van der Waals surface area (Å²) >= 11 is 0. The van der Waals surface area contributed by atoms with E-state index in [0.717, 1.165) is 22.4 Å². The molecule has 1 unspecified atom stereocenters. The number of carboxylic acids is 1. The van der Waals surface area contributed by atoms with Gasteiger partial charge in [-0.25, -0.2) is 0 Å². The normalized spacial score (nSPS) is 11.9. The number of aliphatic carboxylic acids is 1. The predicted octanol–water partition coefficient (Wildman–Crippen LogP) is 3.65. The lowest BCUT2D eigenvalue weighted by Gasteiger charge is -2.11. The number of carboxylic acid groups (broad SMARTS) is 1. The molecule has 2 aromatic carbocycles. The van der Waals surface area contributed by atoms with Gasteiger partial charge in [0.15, 0.2) is 0 Å². The third-order valence-electron chi connectivity index (χ3n) is 3.59. The van der Waals surface area contributed by atoms with Gasteiger partial charge in [0.25, 0.3) is 0 Å². The zero-order valence-electron chi connectivity index (χ0n) is 12.5. The first kappa shape index (κ1) is 16.0. The van der Waals surface area contributed by atoms with Crippen LogP contribution >= 0.6 is 0 Å². The van der Waals surface area contributed by atoms with Crippen LogP contribution in [0.4, 0.5) is 0 Å². The van der Waals surface area contributed by atoms with Crippen LogP contribution in [-0.2, 0) is 4.79 Å². The minimum atomic E-state index is -0.831. The van der Waals surface area contributed by atoms with Crippen molar-refractivity contribution in [3.05, 3.63) is 54.1 Å². The van der Waals surface area contributed by atoms with E-state index in [2.05, 4.69) is 0 Å². The second kappa shape index (κ2) is 7.61. The number of aliphatic hydroxyl groups is 1. The second-order valence-corrected chi connectivity index (χ2v) is 5.15. The van der Waals surface area contributed by atoms with Gasteiger partial charge in [-0.15, -0.1) is 0 Å². The molecule has 4 nitrogen and oxygen atoms in total. The number of ether oxygens (including phenoxy) is 1. The fraction of sp³-hybridized carbons (Fsp3) is 0.278. The number of methoxy groups -OCH3 is 1. The molecule has 4 heteroatoms. The van der Waals surface area contributed by atoms with E-state index in [1.807, 2.05) is 48.5 Å². The van der Waals surface area contributed by atoms with Gasteiger partial charge in [0.1, 0.15) is 5.75 Å². The molecule has 0 spiro atoms. The van der Waals surface area contributed by atoms with E-state index < -0.39 is 12.1 Å². The molecule has 0 saturated heterocycles. The monoisotopic (exact) mass is 300 g/mol. The Balaban J connectivity index is 2.01. The van der Waals surface area contributed by atoms with Crippen LogP contribution in [0.15, 0.2) is 48.5 Å². The Labute approximate surface area is 130 Å². The molecule has 1 atom stereocenters. The zero-order chi connectivity index (χ0) is 15.9. The van der Waals surface area contributed by atoms with Crippen LogP contribution in [0, 0.1) is 0 Å². The molecule has 0 aliphatic carbocycles. The molecule has 0 bridgehead atoms. The molecule has 0 heterocycles. The molecule has 22 heavy (non-hydrogen) atoms. The van der Waals surface area contributed by atoms with Crippen molar-refractivity contribution in [3.63, 3.8) is 0 Å². The Morgan fingerprint density at radius 1 is 1.05 bits per heavy atom. The summed E-state index contributed by atoms with van der Waals surface area (Å²) in [6.07, 6.45) is 0.385. The number of carbonyl (C=O) groups is 1. The SMILES string of the molecule is COc1ccc(-c2ccc(C(O)CCCC(=O)O)cc2)cc1. The van der Waals surface area contributed by atoms with Crippen molar-refractivity contribution in [3.8, 4) is 16.9 Å². The van der Waals surface area contributed by atoms with Crippen molar-refractivity contribution in [2.24, 2.45) is 0 Å². The summed E-state index contributed by atoms with van der Waals surface area (Å²) in [6.45, 7) is 0. The quantitative estimate of drug-likeness (QED) is 0.819. The highest BCUT2D eigenvalue weighted by atomic mass is 16.5. The predicted molar refractivity (Wildman–Crippen MR) is 84.9 cm³/mol. The third kappa shape index (κ3) is 4.33. The van der Waals surface area contributed by atoms with Crippen LogP contribution in [0.2, 0.25) is 0 Å². The molecule has 0 amide bonds. The molecule has 2 N–H and O–H groups in total. The molecule has 0 radical (unpaired) electrons. The van der Waals surface area contributed by atoms with Gasteiger partial charge in [0.05, 0.1) is 13.2 Å². The molecular weight excluding hydrogens is 280 g/mol. The fourth-order valence-electron chi connectivity index (χ4n) is 2.29. The van der Waals surface area contributed by atoms with Crippen molar-refractivity contribution in [1.82, 2.24) is 0 Å². The molecule has 0 aliphatic rings. The average molecular weight is 300 g/mol. The number of rotatable bonds is 7. The zero-order valence-corrected chi connectivity index (χ0v) is 12.5. The van der Waals surface area contributed by atoms with Crippen molar-refractivity contribution in [2.45, 2.75) is 25.4 Å². The summed E-state index contributed by atoms with van der Waals surface area (Å²) in [6, 6.07) is 15.5. The standard InChI is InChI=1S/C18H20O4/c1-22-16-11-9-14(10-12-16)13-5-7-15(8-6-13)17(19)3-2-4-18(20)21/h5-12,17,19H,2-4H2,1H3,(H,20,21). The minimum absolute atomic E-state index is 0.0843. The van der Waals surface area contributed by atoms with Gasteiger partial charge in [-0.3, -0.25) is 4.79 Å². The maximum Gasteiger partial charge on any atom is 0.303 e. The van der Waals surface area contributed by atoms with Crippen LogP contribution in [0.1, 0.15) is 30.9 Å². The Morgan fingerprint density at radius 3 is 2.09 bits per heavy atom. The van der Waals surface area contributed by atoms with E-state index in [9.17, 15) is 9.90 Å². The molecule has 0 aliphatic heterocycles. The largest absolute Gasteiger partial charge is 0.497 e. The van der Waals surface area contributed by atoms with Crippen LogP contribution in [0.3, 0.4) is 0 Å². The number of hydrogen-bond acceptors (Lipinski definition) is 3. The van der Waals surface area contributed by atoms with E-state index in [1.165, 1.54) is 0 Å². The van der Waals surface area contributed by atoms with E-state index in [1.54, 1.807) is 7.11 Å². The van der Waals surface area contributed by atoms with Gasteiger partial charge in [-0.1, -0.05) is 36.4 Å². The second-order valence-electron chi connectivity index (χ2n) is 5.15. The van der Waals surface area contributed by atoms with Crippen molar-refractivity contribution < 1.29 is 19.7 Å². The number of hydrogen-bond donors (Lipinski definition) is 2. The van der Waals surface area contributed by atoms with Crippen LogP contribution in [0.25, 0.3) is 11.1 Å². The van der Waals surface area contributed by atoms with Gasteiger partial charge < -0.3 is 14.9 Å². The first-order chi connectivity index (χ1) is 10.6. The molecule has 0 fully saturated rings. The fourth-order valence-corrected chi connectivity index (χ4v) is 2.29. The Hall–Kier alpha value is -2.33. The lowest BCUT2D eigenvalue weighted by atomic mass is 9.99. The number of aliphatic hydroxyl groups excluding tert-OH is 1. The summed E-state index contributed by atoms with van der Waals surface area (Å²) in [5.41, 5.74) is 2.94. The molecule has 0 aromatic heterocycles. The van der Waals surface area contributed by atoms with Crippen molar-refractivity contribution in [1.29, 1.82) is 0 Å². The lowest BCUT2D eigenvalue weighted by molar-refractivity contribution is -0.137. The van der Waals surface area contributed by atoms with Crippen LogP contribution in [-0.4, -0.2) is 23.3 Å². The van der Waals surface area contributed by atoms with Gasteiger partial charge in [0.2, 0.25) is 0 Å². The summed E-state index contributed by atoms with van der Waals surface area (Å²) in [4.78, 5) is 10.5. The first-order valence-corrected chi connectivity index (χ1v) is 7.24. The number of benzene rings is 2. The van der Waals surface area contributed by atoms with E-state index in [0.29, 0.717) is 12.8 Å². The smallest absolute Gasteiger partial charge is 0.303 e. The Morgan fingerprint density at radius 2 is 1.59 bits per heavy atom. The molecular formula is C18H20O4. The van der Waals surface area contributed by atoms with Gasteiger partial charge in [0, 0.05) is 6.42 Å². The molecule has 116 valence electrons. The molecule has 2 aromatic rings. The third-order valence-corrected chi connectivity index (χ3v) is 3.59. The van der Waals surface area contributed by atoms with Gasteiger partial charge >= 0.3 is 5.97 Å². The molecule has 2 rings (SSSR count). The van der Waals surface area contributed by atoms with E-state index in [-0.39, 0.29) is 6.42 Å². The Bertz CT molecular complexity index is 602. The van der Waals surface area contributed by atoms with E-state index >= 15 is 0 Å². The maximum atomic E-state index is 10.5. The molecule has 0 saturated carbocycles. The summed E-state index contributed by atoms with van der Waals surface area (Å²) in [5.74, 6) is -0.0173. The minimum Gasteiger partial charge on any atom is -0.497 e. The average Bonchev–Trinajstić information content (AvgIpc) is 2.54. The van der Waals surface area contributed by atoms with Crippen molar-refractivity contribution in [2.75, 3.05) is 7.11 Å². The maximum absolute atomic E-state index is 10.5. The summed E-state index contributed by atoms with van der Waals surface area (Å²) in [5, 5.41) is 18.7. The van der Waals surface area contributed by atoms with Gasteiger partial charge in [-0.05, 0) is 41.7 Å². The highest BCUT2D eigenvalue weighted by Crippen LogP contribution is 2.25. The lowest BCUT2D eigenvalue weighted by Crippen LogP contribution is -2.00. The topological polar surface area (TPSA) is 66.8 Å². The summed E-state index contributed by atoms with van der Waals surface area (Å²) < 4.78 is 5.14. The highest BCUT2D eigenvalue weighted by Gasteiger charge is 2.09. The Kier molecular flexibility index (Phi) is 5.55. The van der Waals surface area contributed by atoms with E-state index in [4.69, 9.17) is 9.84 Å². The highest BCUT2D eigenvalue weighted by molar-refractivity contribution is 5.66. The van der Waals surface area contributed by atoms with Crippen molar-refractivity contribution >= 4 is 5.97 Å². The van der Waals surface area contributed by atoms with Gasteiger partial charge in [-0.2, -0.15) is 0 Å². The van der Waals surface area contributed by atoms with Crippen LogP contribution in [0.5, 0.6) is 5.75 Å².